The largest absolute Gasteiger partial charge is 0.480 e. The van der Waals surface area contributed by atoms with Crippen molar-refractivity contribution in [3.05, 3.63) is 29.8 Å². The quantitative estimate of drug-likeness (QED) is 0.879. The minimum Gasteiger partial charge on any atom is -0.480 e. The molecule has 0 saturated carbocycles. The van der Waals surface area contributed by atoms with E-state index in [9.17, 15) is 4.79 Å². The van der Waals surface area contributed by atoms with Crippen molar-refractivity contribution in [3.8, 4) is 0 Å². The number of benzene rings is 1. The Morgan fingerprint density at radius 1 is 1.47 bits per heavy atom. The van der Waals surface area contributed by atoms with Crippen LogP contribution in [0.4, 0.5) is 5.69 Å². The monoisotopic (exact) mass is 262 g/mol. The van der Waals surface area contributed by atoms with Gasteiger partial charge < -0.3 is 10.0 Å². The van der Waals surface area contributed by atoms with Gasteiger partial charge in [-0.3, -0.25) is 9.69 Å². The van der Waals surface area contributed by atoms with Crippen molar-refractivity contribution in [3.63, 3.8) is 0 Å². The molecule has 1 N–H and O–H groups in total. The molecule has 0 aliphatic carbocycles. The first kappa shape index (κ1) is 13.9. The Bertz CT molecular complexity index is 448. The average molecular weight is 262 g/mol. The second kappa shape index (κ2) is 6.06. The van der Waals surface area contributed by atoms with E-state index in [4.69, 9.17) is 5.11 Å². The third-order valence-corrected chi connectivity index (χ3v) is 3.88. The van der Waals surface area contributed by atoms with Crippen LogP contribution < -0.4 is 4.90 Å². The molecule has 1 saturated heterocycles. The first-order chi connectivity index (χ1) is 9.11. The van der Waals surface area contributed by atoms with Crippen LogP contribution in [0.3, 0.4) is 0 Å². The SMILES string of the molecule is CCc1ccccc1N1CCC(N(C)CC(=O)O)C1. The number of aliphatic carboxylic acids is 1. The van der Waals surface area contributed by atoms with E-state index in [-0.39, 0.29) is 6.54 Å². The fourth-order valence-corrected chi connectivity index (χ4v) is 2.78. The third kappa shape index (κ3) is 3.26. The maximum Gasteiger partial charge on any atom is 0.317 e. The molecule has 1 fully saturated rings. The Morgan fingerprint density at radius 2 is 2.21 bits per heavy atom. The van der Waals surface area contributed by atoms with Crippen LogP contribution in [0, 0.1) is 0 Å². The van der Waals surface area contributed by atoms with Crippen molar-refractivity contribution in [1.82, 2.24) is 4.90 Å². The fourth-order valence-electron chi connectivity index (χ4n) is 2.78. The van der Waals surface area contributed by atoms with E-state index in [0.29, 0.717) is 6.04 Å². The van der Waals surface area contributed by atoms with Crippen molar-refractivity contribution in [2.75, 3.05) is 31.6 Å². The molecule has 0 aromatic heterocycles. The summed E-state index contributed by atoms with van der Waals surface area (Å²) >= 11 is 0. The van der Waals surface area contributed by atoms with E-state index in [0.717, 1.165) is 25.9 Å². The number of hydrogen-bond acceptors (Lipinski definition) is 3. The number of anilines is 1. The minimum atomic E-state index is -0.755. The highest BCUT2D eigenvalue weighted by molar-refractivity contribution is 5.69. The lowest BCUT2D eigenvalue weighted by atomic mass is 10.1. The van der Waals surface area contributed by atoms with E-state index in [1.807, 2.05) is 11.9 Å². The lowest BCUT2D eigenvalue weighted by molar-refractivity contribution is -0.138. The van der Waals surface area contributed by atoms with E-state index < -0.39 is 5.97 Å². The molecular weight excluding hydrogens is 240 g/mol. The smallest absolute Gasteiger partial charge is 0.317 e. The normalized spacial score (nSPS) is 19.1. The number of carboxylic acids is 1. The van der Waals surface area contributed by atoms with Crippen molar-refractivity contribution in [2.45, 2.75) is 25.8 Å². The summed E-state index contributed by atoms with van der Waals surface area (Å²) < 4.78 is 0. The van der Waals surface area contributed by atoms with Crippen LogP contribution in [-0.2, 0) is 11.2 Å². The number of para-hydroxylation sites is 1. The number of aryl methyl sites for hydroxylation is 1. The zero-order valence-corrected chi connectivity index (χ0v) is 11.7. The van der Waals surface area contributed by atoms with Gasteiger partial charge in [0.1, 0.15) is 0 Å². The molecule has 1 aromatic carbocycles. The van der Waals surface area contributed by atoms with Crippen LogP contribution in [0.25, 0.3) is 0 Å². The molecule has 0 amide bonds. The summed E-state index contributed by atoms with van der Waals surface area (Å²) in [4.78, 5) is 15.1. The predicted molar refractivity (Wildman–Crippen MR) is 76.7 cm³/mol. The molecule has 19 heavy (non-hydrogen) atoms. The number of hydrogen-bond donors (Lipinski definition) is 1. The van der Waals surface area contributed by atoms with Gasteiger partial charge in [-0.25, -0.2) is 0 Å². The maximum absolute atomic E-state index is 10.8. The second-order valence-corrected chi connectivity index (χ2v) is 5.18. The van der Waals surface area contributed by atoms with Gasteiger partial charge >= 0.3 is 5.97 Å². The van der Waals surface area contributed by atoms with Gasteiger partial charge in [-0.2, -0.15) is 0 Å². The molecule has 0 spiro atoms. The number of rotatable bonds is 5. The fraction of sp³-hybridized carbons (Fsp3) is 0.533. The summed E-state index contributed by atoms with van der Waals surface area (Å²) in [7, 11) is 1.90. The molecule has 1 aromatic rings. The molecule has 1 aliphatic heterocycles. The third-order valence-electron chi connectivity index (χ3n) is 3.88. The van der Waals surface area contributed by atoms with Gasteiger partial charge in [-0.1, -0.05) is 25.1 Å². The Labute approximate surface area is 114 Å². The van der Waals surface area contributed by atoms with E-state index in [1.165, 1.54) is 11.3 Å². The Balaban J connectivity index is 2.03. The summed E-state index contributed by atoms with van der Waals surface area (Å²) in [5.41, 5.74) is 2.67. The van der Waals surface area contributed by atoms with Crippen molar-refractivity contribution < 1.29 is 9.90 Å². The van der Waals surface area contributed by atoms with Crippen LogP contribution in [0.15, 0.2) is 24.3 Å². The maximum atomic E-state index is 10.8. The molecule has 0 bridgehead atoms. The highest BCUT2D eigenvalue weighted by Gasteiger charge is 2.27. The van der Waals surface area contributed by atoms with Gasteiger partial charge in [0.2, 0.25) is 0 Å². The first-order valence-corrected chi connectivity index (χ1v) is 6.86. The van der Waals surface area contributed by atoms with Crippen molar-refractivity contribution in [1.29, 1.82) is 0 Å². The molecule has 1 heterocycles. The van der Waals surface area contributed by atoms with Gasteiger partial charge in [0.15, 0.2) is 0 Å². The zero-order valence-electron chi connectivity index (χ0n) is 11.7. The van der Waals surface area contributed by atoms with Gasteiger partial charge in [0.05, 0.1) is 6.54 Å². The Hall–Kier alpha value is -1.55. The zero-order chi connectivity index (χ0) is 13.8. The van der Waals surface area contributed by atoms with Crippen molar-refractivity contribution >= 4 is 11.7 Å². The van der Waals surface area contributed by atoms with E-state index >= 15 is 0 Å². The molecule has 4 nitrogen and oxygen atoms in total. The Morgan fingerprint density at radius 3 is 2.89 bits per heavy atom. The van der Waals surface area contributed by atoms with Crippen LogP contribution >= 0.6 is 0 Å². The number of nitrogens with zero attached hydrogens (tertiary/aromatic N) is 2. The van der Waals surface area contributed by atoms with Crippen molar-refractivity contribution in [2.24, 2.45) is 0 Å². The molecule has 2 rings (SSSR count). The van der Waals surface area contributed by atoms with Gasteiger partial charge in [-0.15, -0.1) is 0 Å². The summed E-state index contributed by atoms with van der Waals surface area (Å²) in [6.45, 7) is 4.21. The Kier molecular flexibility index (Phi) is 4.43. The summed E-state index contributed by atoms with van der Waals surface area (Å²) in [5.74, 6) is -0.755. The van der Waals surface area contributed by atoms with Crippen LogP contribution in [-0.4, -0.2) is 48.7 Å². The van der Waals surface area contributed by atoms with E-state index in [1.54, 1.807) is 0 Å². The van der Waals surface area contributed by atoms with Gasteiger partial charge in [0, 0.05) is 24.8 Å². The molecule has 1 aliphatic rings. The topological polar surface area (TPSA) is 43.8 Å². The summed E-state index contributed by atoms with van der Waals surface area (Å²) in [6.07, 6.45) is 2.06. The molecule has 4 heteroatoms. The average Bonchev–Trinajstić information content (AvgIpc) is 2.87. The van der Waals surface area contributed by atoms with Crippen LogP contribution in [0.5, 0.6) is 0 Å². The summed E-state index contributed by atoms with van der Waals surface area (Å²) in [5, 5.41) is 8.85. The lowest BCUT2D eigenvalue weighted by Gasteiger charge is -2.25. The standard InChI is InChI=1S/C15H22N2O2/c1-3-12-6-4-5-7-14(12)17-9-8-13(10-17)16(2)11-15(18)19/h4-7,13H,3,8-11H2,1-2H3,(H,18,19). The minimum absolute atomic E-state index is 0.119. The molecule has 1 unspecified atom stereocenters. The number of carboxylic acid groups (broad SMARTS) is 1. The molecule has 104 valence electrons. The lowest BCUT2D eigenvalue weighted by Crippen LogP contribution is -2.38. The second-order valence-electron chi connectivity index (χ2n) is 5.18. The van der Waals surface area contributed by atoms with Crippen LogP contribution in [0.1, 0.15) is 18.9 Å². The van der Waals surface area contributed by atoms with Crippen LogP contribution in [0.2, 0.25) is 0 Å². The molecule has 1 atom stereocenters. The number of likely N-dealkylation sites (N-methyl/N-ethyl adjacent to an activating group) is 1. The predicted octanol–water partition coefficient (Wildman–Crippen LogP) is 1.84. The molecule has 0 radical (unpaired) electrons. The molecular formula is C15H22N2O2. The summed E-state index contributed by atoms with van der Waals surface area (Å²) in [6, 6.07) is 8.82. The number of carbonyl (C=O) groups is 1. The van der Waals surface area contributed by atoms with Gasteiger partial charge in [-0.05, 0) is 31.5 Å². The first-order valence-electron chi connectivity index (χ1n) is 6.86. The van der Waals surface area contributed by atoms with E-state index in [2.05, 4.69) is 36.1 Å². The highest BCUT2D eigenvalue weighted by atomic mass is 16.4. The van der Waals surface area contributed by atoms with Gasteiger partial charge in [0.25, 0.3) is 0 Å². The highest BCUT2D eigenvalue weighted by Crippen LogP contribution is 2.26.